The van der Waals surface area contributed by atoms with Crippen molar-refractivity contribution in [3.63, 3.8) is 0 Å². The lowest BCUT2D eigenvalue weighted by Gasteiger charge is -2.07. The molecule has 0 fully saturated rings. The fraction of sp³-hybridized carbons (Fsp3) is 0.429. The van der Waals surface area contributed by atoms with Crippen LogP contribution in [0.2, 0.25) is 0 Å². The van der Waals surface area contributed by atoms with Gasteiger partial charge in [0.25, 0.3) is 0 Å². The second-order valence-corrected chi connectivity index (χ2v) is 4.34. The highest BCUT2D eigenvalue weighted by Crippen LogP contribution is 2.22. The summed E-state index contributed by atoms with van der Waals surface area (Å²) in [6.45, 7) is 6.77. The van der Waals surface area contributed by atoms with Crippen LogP contribution in [0.25, 0.3) is 5.57 Å². The van der Waals surface area contributed by atoms with E-state index in [9.17, 15) is 9.59 Å². The summed E-state index contributed by atoms with van der Waals surface area (Å²) in [5, 5.41) is 0. The molecule has 0 aliphatic heterocycles. The SMILES string of the molecule is COc1cc(C(C)=CC(C)C(C)=O)oc(=O)c1C. The number of ether oxygens (including phenoxy) is 1. The van der Waals surface area contributed by atoms with Crippen molar-refractivity contribution in [3.8, 4) is 5.75 Å². The molecule has 98 valence electrons. The molecule has 0 amide bonds. The average molecular weight is 250 g/mol. The number of hydrogen-bond acceptors (Lipinski definition) is 4. The molecular formula is C14H18O4. The van der Waals surface area contributed by atoms with Gasteiger partial charge in [0.05, 0.1) is 12.7 Å². The molecule has 0 radical (unpaired) electrons. The minimum Gasteiger partial charge on any atom is -0.496 e. The number of allylic oxidation sites excluding steroid dienone is 2. The van der Waals surface area contributed by atoms with Crippen LogP contribution in [0, 0.1) is 12.8 Å². The van der Waals surface area contributed by atoms with Crippen molar-refractivity contribution in [1.29, 1.82) is 0 Å². The Labute approximate surface area is 106 Å². The lowest BCUT2D eigenvalue weighted by molar-refractivity contribution is -0.118. The van der Waals surface area contributed by atoms with Crippen molar-refractivity contribution in [1.82, 2.24) is 0 Å². The van der Waals surface area contributed by atoms with Crippen molar-refractivity contribution in [3.05, 3.63) is 33.9 Å². The summed E-state index contributed by atoms with van der Waals surface area (Å²) in [6, 6.07) is 1.66. The number of methoxy groups -OCH3 is 1. The van der Waals surface area contributed by atoms with Crippen LogP contribution >= 0.6 is 0 Å². The highest BCUT2D eigenvalue weighted by Gasteiger charge is 2.11. The van der Waals surface area contributed by atoms with E-state index in [1.54, 1.807) is 32.9 Å². The Morgan fingerprint density at radius 2 is 2.06 bits per heavy atom. The van der Waals surface area contributed by atoms with Crippen LogP contribution in [-0.2, 0) is 4.79 Å². The van der Waals surface area contributed by atoms with Crippen LogP contribution in [0.4, 0.5) is 0 Å². The molecule has 0 N–H and O–H groups in total. The van der Waals surface area contributed by atoms with Gasteiger partial charge in [-0.3, -0.25) is 4.79 Å². The average Bonchev–Trinajstić information content (AvgIpc) is 2.32. The Morgan fingerprint density at radius 1 is 1.44 bits per heavy atom. The van der Waals surface area contributed by atoms with Crippen LogP contribution in [0.3, 0.4) is 0 Å². The van der Waals surface area contributed by atoms with Gasteiger partial charge in [0.2, 0.25) is 0 Å². The van der Waals surface area contributed by atoms with E-state index >= 15 is 0 Å². The summed E-state index contributed by atoms with van der Waals surface area (Å²) in [6.07, 6.45) is 1.77. The Bertz CT molecular complexity index is 537. The standard InChI is InChI=1S/C14H18O4/c1-8(11(4)15)6-9(2)12-7-13(17-5)10(3)14(16)18-12/h6-8H,1-5H3. The van der Waals surface area contributed by atoms with E-state index in [0.29, 0.717) is 17.1 Å². The Kier molecular flexibility index (Phi) is 4.48. The molecule has 4 nitrogen and oxygen atoms in total. The molecule has 1 aromatic rings. The second-order valence-electron chi connectivity index (χ2n) is 4.34. The highest BCUT2D eigenvalue weighted by atomic mass is 16.5. The van der Waals surface area contributed by atoms with Crippen molar-refractivity contribution < 1.29 is 13.9 Å². The number of carbonyl (C=O) groups is 1. The summed E-state index contributed by atoms with van der Waals surface area (Å²) in [4.78, 5) is 22.8. The van der Waals surface area contributed by atoms with Gasteiger partial charge >= 0.3 is 5.63 Å². The van der Waals surface area contributed by atoms with Crippen LogP contribution < -0.4 is 10.4 Å². The van der Waals surface area contributed by atoms with Crippen molar-refractivity contribution in [2.75, 3.05) is 7.11 Å². The number of ketones is 1. The van der Waals surface area contributed by atoms with Gasteiger partial charge in [-0.25, -0.2) is 4.79 Å². The van der Waals surface area contributed by atoms with E-state index in [1.165, 1.54) is 14.0 Å². The van der Waals surface area contributed by atoms with Crippen LogP contribution in [-0.4, -0.2) is 12.9 Å². The molecule has 0 aliphatic rings. The molecule has 1 aromatic heterocycles. The van der Waals surface area contributed by atoms with E-state index in [-0.39, 0.29) is 11.7 Å². The zero-order valence-corrected chi connectivity index (χ0v) is 11.4. The van der Waals surface area contributed by atoms with Crippen molar-refractivity contribution >= 4 is 11.4 Å². The maximum atomic E-state index is 11.6. The topological polar surface area (TPSA) is 56.5 Å². The van der Waals surface area contributed by atoms with Gasteiger partial charge in [-0.05, 0) is 26.3 Å². The molecule has 0 aliphatic carbocycles. The van der Waals surface area contributed by atoms with Crippen LogP contribution in [0.5, 0.6) is 5.75 Å². The maximum Gasteiger partial charge on any atom is 0.342 e. The molecular weight excluding hydrogens is 232 g/mol. The van der Waals surface area contributed by atoms with Gasteiger partial charge in [-0.15, -0.1) is 0 Å². The third-order valence-electron chi connectivity index (χ3n) is 2.89. The summed E-state index contributed by atoms with van der Waals surface area (Å²) in [5.41, 5.74) is 0.759. The first-order chi connectivity index (χ1) is 8.36. The molecule has 0 bridgehead atoms. The lowest BCUT2D eigenvalue weighted by Crippen LogP contribution is -2.08. The summed E-state index contributed by atoms with van der Waals surface area (Å²) in [5.74, 6) is 0.776. The molecule has 1 heterocycles. The third kappa shape index (κ3) is 3.09. The van der Waals surface area contributed by atoms with Gasteiger partial charge in [0.1, 0.15) is 17.3 Å². The second kappa shape index (κ2) is 5.67. The van der Waals surface area contributed by atoms with E-state index in [0.717, 1.165) is 5.57 Å². The zero-order valence-electron chi connectivity index (χ0n) is 11.4. The predicted molar refractivity (Wildman–Crippen MR) is 69.8 cm³/mol. The van der Waals surface area contributed by atoms with Gasteiger partial charge in [0, 0.05) is 12.0 Å². The molecule has 0 aromatic carbocycles. The summed E-state index contributed by atoms with van der Waals surface area (Å²) >= 11 is 0. The Balaban J connectivity index is 3.22. The molecule has 4 heteroatoms. The number of rotatable bonds is 4. The quantitative estimate of drug-likeness (QED) is 0.824. The fourth-order valence-electron chi connectivity index (χ4n) is 1.51. The highest BCUT2D eigenvalue weighted by molar-refractivity contribution is 5.81. The first-order valence-electron chi connectivity index (χ1n) is 5.74. The molecule has 18 heavy (non-hydrogen) atoms. The number of hydrogen-bond donors (Lipinski definition) is 0. The molecule has 1 rings (SSSR count). The van der Waals surface area contributed by atoms with Crippen molar-refractivity contribution in [2.45, 2.75) is 27.7 Å². The van der Waals surface area contributed by atoms with Crippen LogP contribution in [0.15, 0.2) is 21.4 Å². The zero-order chi connectivity index (χ0) is 13.9. The van der Waals surface area contributed by atoms with Crippen molar-refractivity contribution in [2.24, 2.45) is 5.92 Å². The summed E-state index contributed by atoms with van der Waals surface area (Å²) in [7, 11) is 1.50. The summed E-state index contributed by atoms with van der Waals surface area (Å²) < 4.78 is 10.3. The predicted octanol–water partition coefficient (Wildman–Crippen LogP) is 2.59. The first kappa shape index (κ1) is 14.2. The maximum absolute atomic E-state index is 11.6. The third-order valence-corrected chi connectivity index (χ3v) is 2.89. The van der Waals surface area contributed by atoms with E-state index < -0.39 is 5.63 Å². The molecule has 0 spiro atoms. The van der Waals surface area contributed by atoms with Gasteiger partial charge in [0.15, 0.2) is 0 Å². The van der Waals surface area contributed by atoms with Gasteiger partial charge in [-0.2, -0.15) is 0 Å². The Morgan fingerprint density at radius 3 is 2.56 bits per heavy atom. The molecule has 0 saturated carbocycles. The number of carbonyl (C=O) groups excluding carboxylic acids is 1. The minimum atomic E-state index is -0.424. The smallest absolute Gasteiger partial charge is 0.342 e. The van der Waals surface area contributed by atoms with E-state index in [4.69, 9.17) is 9.15 Å². The fourth-order valence-corrected chi connectivity index (χ4v) is 1.51. The first-order valence-corrected chi connectivity index (χ1v) is 5.74. The Hall–Kier alpha value is -1.84. The largest absolute Gasteiger partial charge is 0.496 e. The molecule has 1 atom stereocenters. The van der Waals surface area contributed by atoms with Crippen LogP contribution in [0.1, 0.15) is 32.1 Å². The molecule has 1 unspecified atom stereocenters. The number of Topliss-reactive ketones (excluding diaryl/α,β-unsaturated/α-hetero) is 1. The lowest BCUT2D eigenvalue weighted by atomic mass is 10.0. The van der Waals surface area contributed by atoms with Gasteiger partial charge < -0.3 is 9.15 Å². The van der Waals surface area contributed by atoms with E-state index in [1.807, 2.05) is 0 Å². The van der Waals surface area contributed by atoms with Gasteiger partial charge in [-0.1, -0.05) is 13.0 Å². The normalized spacial score (nSPS) is 13.3. The monoisotopic (exact) mass is 250 g/mol. The molecule has 0 saturated heterocycles. The van der Waals surface area contributed by atoms with E-state index in [2.05, 4.69) is 0 Å². The minimum absolute atomic E-state index is 0.0655.